The lowest BCUT2D eigenvalue weighted by Crippen LogP contribution is -1.99. The van der Waals surface area contributed by atoms with Crippen LogP contribution >= 0.6 is 0 Å². The molecule has 2 rings (SSSR count). The highest BCUT2D eigenvalue weighted by Crippen LogP contribution is 2.13. The first-order valence-electron chi connectivity index (χ1n) is 5.49. The second-order valence-electron chi connectivity index (χ2n) is 3.64. The van der Waals surface area contributed by atoms with Crippen LogP contribution < -0.4 is 9.47 Å². The minimum absolute atomic E-state index is 0.119. The summed E-state index contributed by atoms with van der Waals surface area (Å²) in [5, 5.41) is 8.83. The molecule has 0 fully saturated rings. The van der Waals surface area contributed by atoms with Crippen molar-refractivity contribution >= 4 is 0 Å². The fraction of sp³-hybridized carbons (Fsp3) is 0.231. The molecule has 0 aliphatic carbocycles. The van der Waals surface area contributed by atoms with E-state index in [1.54, 1.807) is 7.11 Å². The van der Waals surface area contributed by atoms with E-state index in [0.717, 1.165) is 11.3 Å². The van der Waals surface area contributed by atoms with E-state index in [4.69, 9.17) is 14.6 Å². The molecule has 94 valence electrons. The highest BCUT2D eigenvalue weighted by Gasteiger charge is 1.99. The summed E-state index contributed by atoms with van der Waals surface area (Å²) in [6, 6.07) is 7.60. The average molecular weight is 246 g/mol. The predicted octanol–water partition coefficient (Wildman–Crippen LogP) is 1.56. The van der Waals surface area contributed by atoms with Crippen LogP contribution in [0.5, 0.6) is 11.6 Å². The van der Waals surface area contributed by atoms with Gasteiger partial charge in [-0.15, -0.1) is 0 Å². The van der Waals surface area contributed by atoms with Gasteiger partial charge in [0.1, 0.15) is 12.4 Å². The van der Waals surface area contributed by atoms with E-state index < -0.39 is 0 Å². The van der Waals surface area contributed by atoms with Crippen molar-refractivity contribution in [2.75, 3.05) is 7.11 Å². The zero-order valence-corrected chi connectivity index (χ0v) is 10.0. The number of methoxy groups -OCH3 is 1. The number of rotatable bonds is 5. The van der Waals surface area contributed by atoms with Gasteiger partial charge in [-0.2, -0.15) is 0 Å². The molecule has 0 radical (unpaired) electrons. The van der Waals surface area contributed by atoms with Crippen molar-refractivity contribution in [1.82, 2.24) is 9.97 Å². The number of aromatic nitrogens is 2. The summed E-state index contributed by atoms with van der Waals surface area (Å²) in [5.41, 5.74) is 1.54. The van der Waals surface area contributed by atoms with E-state index in [1.165, 1.54) is 12.4 Å². The number of benzene rings is 1. The number of aliphatic hydroxyl groups excluding tert-OH is 1. The van der Waals surface area contributed by atoms with Crippen LogP contribution in [0.15, 0.2) is 36.7 Å². The standard InChI is InChI=1S/C13H14N2O3/c1-17-12-4-2-10(3-5-12)9-18-13-7-14-11(8-16)6-15-13/h2-7,16H,8-9H2,1H3. The molecule has 0 spiro atoms. The predicted molar refractivity (Wildman–Crippen MR) is 65.3 cm³/mol. The molecule has 1 aromatic heterocycles. The van der Waals surface area contributed by atoms with Crippen molar-refractivity contribution in [3.63, 3.8) is 0 Å². The molecular formula is C13H14N2O3. The number of hydrogen-bond donors (Lipinski definition) is 1. The van der Waals surface area contributed by atoms with Crippen molar-refractivity contribution in [1.29, 1.82) is 0 Å². The van der Waals surface area contributed by atoms with Gasteiger partial charge in [0.15, 0.2) is 0 Å². The molecule has 5 heteroatoms. The van der Waals surface area contributed by atoms with Gasteiger partial charge in [-0.1, -0.05) is 12.1 Å². The molecular weight excluding hydrogens is 232 g/mol. The summed E-state index contributed by atoms with van der Waals surface area (Å²) in [4.78, 5) is 8.01. The summed E-state index contributed by atoms with van der Waals surface area (Å²) < 4.78 is 10.5. The first kappa shape index (κ1) is 12.3. The van der Waals surface area contributed by atoms with Crippen molar-refractivity contribution in [3.05, 3.63) is 47.9 Å². The second kappa shape index (κ2) is 5.97. The van der Waals surface area contributed by atoms with E-state index in [2.05, 4.69) is 9.97 Å². The van der Waals surface area contributed by atoms with Gasteiger partial charge in [-0.05, 0) is 17.7 Å². The van der Waals surface area contributed by atoms with Crippen molar-refractivity contribution < 1.29 is 14.6 Å². The Balaban J connectivity index is 1.93. The molecule has 2 aromatic rings. The van der Waals surface area contributed by atoms with Crippen LogP contribution in [0.4, 0.5) is 0 Å². The third kappa shape index (κ3) is 3.18. The average Bonchev–Trinajstić information content (AvgIpc) is 2.46. The molecule has 0 unspecified atom stereocenters. The highest BCUT2D eigenvalue weighted by molar-refractivity contribution is 5.27. The van der Waals surface area contributed by atoms with Crippen LogP contribution in [0.3, 0.4) is 0 Å². The Morgan fingerprint density at radius 1 is 1.11 bits per heavy atom. The van der Waals surface area contributed by atoms with Gasteiger partial charge in [-0.3, -0.25) is 4.98 Å². The smallest absolute Gasteiger partial charge is 0.232 e. The molecule has 0 atom stereocenters. The largest absolute Gasteiger partial charge is 0.497 e. The molecule has 0 saturated heterocycles. The molecule has 1 aromatic carbocycles. The van der Waals surface area contributed by atoms with Crippen molar-refractivity contribution in [3.8, 4) is 11.6 Å². The quantitative estimate of drug-likeness (QED) is 0.867. The van der Waals surface area contributed by atoms with Gasteiger partial charge >= 0.3 is 0 Å². The zero-order chi connectivity index (χ0) is 12.8. The molecule has 0 bridgehead atoms. The molecule has 0 saturated carbocycles. The van der Waals surface area contributed by atoms with Gasteiger partial charge in [0, 0.05) is 0 Å². The second-order valence-corrected chi connectivity index (χ2v) is 3.64. The number of hydrogen-bond acceptors (Lipinski definition) is 5. The van der Waals surface area contributed by atoms with Gasteiger partial charge in [0.2, 0.25) is 5.88 Å². The Hall–Kier alpha value is -2.14. The zero-order valence-electron chi connectivity index (χ0n) is 10.0. The minimum Gasteiger partial charge on any atom is -0.497 e. The lowest BCUT2D eigenvalue weighted by atomic mass is 10.2. The fourth-order valence-corrected chi connectivity index (χ4v) is 1.38. The topological polar surface area (TPSA) is 64.5 Å². The third-order valence-corrected chi connectivity index (χ3v) is 2.39. The summed E-state index contributed by atoms with van der Waals surface area (Å²) in [6.07, 6.45) is 2.98. The number of nitrogens with zero attached hydrogens (tertiary/aromatic N) is 2. The third-order valence-electron chi connectivity index (χ3n) is 2.39. The van der Waals surface area contributed by atoms with Gasteiger partial charge in [0.05, 0.1) is 31.8 Å². The minimum atomic E-state index is -0.119. The SMILES string of the molecule is COc1ccc(COc2cnc(CO)cn2)cc1. The van der Waals surface area contributed by atoms with Crippen LogP contribution in [0, 0.1) is 0 Å². The molecule has 0 aliphatic heterocycles. The first-order chi connectivity index (χ1) is 8.81. The summed E-state index contributed by atoms with van der Waals surface area (Å²) >= 11 is 0. The molecule has 0 amide bonds. The first-order valence-corrected chi connectivity index (χ1v) is 5.49. The Morgan fingerprint density at radius 2 is 1.89 bits per heavy atom. The van der Waals surface area contributed by atoms with Crippen LogP contribution in [0.25, 0.3) is 0 Å². The highest BCUT2D eigenvalue weighted by atomic mass is 16.5. The van der Waals surface area contributed by atoms with Crippen LogP contribution in [-0.2, 0) is 13.2 Å². The van der Waals surface area contributed by atoms with Crippen molar-refractivity contribution in [2.45, 2.75) is 13.2 Å². The maximum atomic E-state index is 8.83. The van der Waals surface area contributed by atoms with E-state index >= 15 is 0 Å². The van der Waals surface area contributed by atoms with E-state index in [0.29, 0.717) is 18.2 Å². The summed E-state index contributed by atoms with van der Waals surface area (Å²) in [7, 11) is 1.63. The number of ether oxygens (including phenoxy) is 2. The lowest BCUT2D eigenvalue weighted by Gasteiger charge is -2.06. The molecule has 1 N–H and O–H groups in total. The molecule has 5 nitrogen and oxygen atoms in total. The van der Waals surface area contributed by atoms with Crippen molar-refractivity contribution in [2.24, 2.45) is 0 Å². The maximum Gasteiger partial charge on any atom is 0.232 e. The normalized spacial score (nSPS) is 10.1. The van der Waals surface area contributed by atoms with Crippen LogP contribution in [-0.4, -0.2) is 22.2 Å². The number of aliphatic hydroxyl groups is 1. The fourth-order valence-electron chi connectivity index (χ4n) is 1.38. The summed E-state index contributed by atoms with van der Waals surface area (Å²) in [5.74, 6) is 1.24. The van der Waals surface area contributed by atoms with Crippen LogP contribution in [0.2, 0.25) is 0 Å². The van der Waals surface area contributed by atoms with Gasteiger partial charge in [-0.25, -0.2) is 4.98 Å². The molecule has 18 heavy (non-hydrogen) atoms. The Kier molecular flexibility index (Phi) is 4.09. The Labute approximate surface area is 105 Å². The maximum absolute atomic E-state index is 8.83. The molecule has 1 heterocycles. The Morgan fingerprint density at radius 3 is 2.44 bits per heavy atom. The van der Waals surface area contributed by atoms with E-state index in [-0.39, 0.29) is 6.61 Å². The monoisotopic (exact) mass is 246 g/mol. The van der Waals surface area contributed by atoms with Gasteiger partial charge in [0.25, 0.3) is 0 Å². The lowest BCUT2D eigenvalue weighted by molar-refractivity contribution is 0.271. The van der Waals surface area contributed by atoms with E-state index in [9.17, 15) is 0 Å². The summed E-state index contributed by atoms with van der Waals surface area (Å²) in [6.45, 7) is 0.295. The van der Waals surface area contributed by atoms with Gasteiger partial charge < -0.3 is 14.6 Å². The Bertz CT molecular complexity index is 435. The van der Waals surface area contributed by atoms with Crippen LogP contribution in [0.1, 0.15) is 11.3 Å². The molecule has 0 aliphatic rings. The van der Waals surface area contributed by atoms with E-state index in [1.807, 2.05) is 24.3 Å².